The van der Waals surface area contributed by atoms with Crippen LogP contribution in [0.15, 0.2) is 39.4 Å². The molecule has 5 heteroatoms. The summed E-state index contributed by atoms with van der Waals surface area (Å²) in [6.07, 6.45) is 2.20. The zero-order valence-electron chi connectivity index (χ0n) is 9.87. The number of carbonyl (C=O) groups is 1. The minimum absolute atomic E-state index is 0.183. The SMILES string of the molecule is CCc1occc1C(=O)Nc1ccc(N)c(Br)c1. The van der Waals surface area contributed by atoms with Gasteiger partial charge in [-0.25, -0.2) is 0 Å². The fraction of sp³-hybridized carbons (Fsp3) is 0.154. The van der Waals surface area contributed by atoms with E-state index in [1.807, 2.05) is 6.92 Å². The van der Waals surface area contributed by atoms with Gasteiger partial charge in [0.2, 0.25) is 0 Å². The van der Waals surface area contributed by atoms with Crippen molar-refractivity contribution in [2.45, 2.75) is 13.3 Å². The summed E-state index contributed by atoms with van der Waals surface area (Å²) in [5.74, 6) is 0.499. The molecular formula is C13H13BrN2O2. The number of benzene rings is 1. The van der Waals surface area contributed by atoms with Gasteiger partial charge in [0, 0.05) is 22.3 Å². The van der Waals surface area contributed by atoms with E-state index in [1.165, 1.54) is 6.26 Å². The Kier molecular flexibility index (Phi) is 3.72. The molecule has 1 amide bonds. The lowest BCUT2D eigenvalue weighted by molar-refractivity contribution is 0.102. The van der Waals surface area contributed by atoms with Crippen LogP contribution in [0.1, 0.15) is 23.0 Å². The normalized spacial score (nSPS) is 10.3. The molecule has 18 heavy (non-hydrogen) atoms. The summed E-state index contributed by atoms with van der Waals surface area (Å²) < 4.78 is 5.98. The Hall–Kier alpha value is -1.75. The maximum atomic E-state index is 12.0. The van der Waals surface area contributed by atoms with E-state index in [2.05, 4.69) is 21.2 Å². The molecule has 0 aliphatic carbocycles. The molecule has 1 aromatic heterocycles. The topological polar surface area (TPSA) is 68.3 Å². The molecule has 2 aromatic rings. The van der Waals surface area contributed by atoms with E-state index in [9.17, 15) is 4.79 Å². The van der Waals surface area contributed by atoms with E-state index in [1.54, 1.807) is 24.3 Å². The summed E-state index contributed by atoms with van der Waals surface area (Å²) in [4.78, 5) is 12.0. The van der Waals surface area contributed by atoms with Crippen molar-refractivity contribution in [1.29, 1.82) is 0 Å². The molecule has 3 N–H and O–H groups in total. The van der Waals surface area contributed by atoms with E-state index in [4.69, 9.17) is 10.2 Å². The molecule has 0 fully saturated rings. The van der Waals surface area contributed by atoms with Crippen molar-refractivity contribution < 1.29 is 9.21 Å². The Morgan fingerprint density at radius 3 is 2.89 bits per heavy atom. The molecule has 1 heterocycles. The Morgan fingerprint density at radius 1 is 1.44 bits per heavy atom. The van der Waals surface area contributed by atoms with Gasteiger partial charge in [-0.1, -0.05) is 6.92 Å². The molecule has 0 bridgehead atoms. The van der Waals surface area contributed by atoms with Crippen LogP contribution in [0.4, 0.5) is 11.4 Å². The molecule has 0 spiro atoms. The summed E-state index contributed by atoms with van der Waals surface area (Å²) >= 11 is 3.32. The van der Waals surface area contributed by atoms with Crippen molar-refractivity contribution in [1.82, 2.24) is 0 Å². The number of carbonyl (C=O) groups excluding carboxylic acids is 1. The van der Waals surface area contributed by atoms with Gasteiger partial charge in [-0.05, 0) is 40.2 Å². The van der Waals surface area contributed by atoms with Crippen molar-refractivity contribution in [3.05, 3.63) is 46.3 Å². The Bertz CT molecular complexity index is 578. The number of furan rings is 1. The largest absolute Gasteiger partial charge is 0.469 e. The maximum Gasteiger partial charge on any atom is 0.259 e. The molecule has 0 aliphatic heterocycles. The third-order valence-corrected chi connectivity index (χ3v) is 3.26. The van der Waals surface area contributed by atoms with Gasteiger partial charge < -0.3 is 15.5 Å². The van der Waals surface area contributed by atoms with Gasteiger partial charge >= 0.3 is 0 Å². The first kappa shape index (κ1) is 12.7. The van der Waals surface area contributed by atoms with Crippen LogP contribution in [0, 0.1) is 0 Å². The van der Waals surface area contributed by atoms with Crippen LogP contribution in [-0.2, 0) is 6.42 Å². The van der Waals surface area contributed by atoms with E-state index in [-0.39, 0.29) is 5.91 Å². The molecule has 0 saturated heterocycles. The lowest BCUT2D eigenvalue weighted by Gasteiger charge is -2.06. The summed E-state index contributed by atoms with van der Waals surface area (Å²) in [7, 11) is 0. The van der Waals surface area contributed by atoms with Crippen molar-refractivity contribution in [2.24, 2.45) is 0 Å². The molecule has 2 rings (SSSR count). The number of nitrogens with two attached hydrogens (primary N) is 1. The van der Waals surface area contributed by atoms with Gasteiger partial charge in [0.25, 0.3) is 5.91 Å². The van der Waals surface area contributed by atoms with Crippen LogP contribution < -0.4 is 11.1 Å². The highest BCUT2D eigenvalue weighted by atomic mass is 79.9. The highest BCUT2D eigenvalue weighted by Gasteiger charge is 2.13. The molecule has 0 unspecified atom stereocenters. The van der Waals surface area contributed by atoms with E-state index in [0.29, 0.717) is 29.1 Å². The van der Waals surface area contributed by atoms with E-state index in [0.717, 1.165) is 4.47 Å². The second-order valence-electron chi connectivity index (χ2n) is 3.80. The monoisotopic (exact) mass is 308 g/mol. The first-order chi connectivity index (χ1) is 8.61. The van der Waals surface area contributed by atoms with Gasteiger partial charge in [-0.3, -0.25) is 4.79 Å². The number of nitrogens with one attached hydrogen (secondary N) is 1. The minimum Gasteiger partial charge on any atom is -0.469 e. The molecule has 4 nitrogen and oxygen atoms in total. The van der Waals surface area contributed by atoms with Crippen molar-refractivity contribution in [2.75, 3.05) is 11.1 Å². The third-order valence-electron chi connectivity index (χ3n) is 2.57. The van der Waals surface area contributed by atoms with Gasteiger partial charge in [-0.15, -0.1) is 0 Å². The Labute approximate surface area is 113 Å². The Balaban J connectivity index is 2.19. The van der Waals surface area contributed by atoms with Crippen LogP contribution in [0.3, 0.4) is 0 Å². The number of rotatable bonds is 3. The summed E-state index contributed by atoms with van der Waals surface area (Å²) in [6, 6.07) is 6.92. The van der Waals surface area contributed by atoms with Crippen LogP contribution >= 0.6 is 15.9 Å². The lowest BCUT2D eigenvalue weighted by Crippen LogP contribution is -2.12. The first-order valence-corrected chi connectivity index (χ1v) is 6.34. The number of amides is 1. The van der Waals surface area contributed by atoms with E-state index < -0.39 is 0 Å². The molecule has 0 aliphatic rings. The maximum absolute atomic E-state index is 12.0. The zero-order valence-corrected chi connectivity index (χ0v) is 11.5. The van der Waals surface area contributed by atoms with Gasteiger partial charge in [0.05, 0.1) is 11.8 Å². The number of hydrogen-bond acceptors (Lipinski definition) is 3. The van der Waals surface area contributed by atoms with Crippen LogP contribution in [0.5, 0.6) is 0 Å². The Morgan fingerprint density at radius 2 is 2.22 bits per heavy atom. The highest BCUT2D eigenvalue weighted by Crippen LogP contribution is 2.24. The lowest BCUT2D eigenvalue weighted by atomic mass is 10.2. The van der Waals surface area contributed by atoms with Gasteiger partial charge in [0.15, 0.2) is 0 Å². The second-order valence-corrected chi connectivity index (χ2v) is 4.66. The molecule has 0 radical (unpaired) electrons. The van der Waals surface area contributed by atoms with Crippen molar-refractivity contribution >= 4 is 33.2 Å². The average Bonchev–Trinajstić information content (AvgIpc) is 2.82. The zero-order chi connectivity index (χ0) is 13.1. The molecule has 0 atom stereocenters. The van der Waals surface area contributed by atoms with E-state index >= 15 is 0 Å². The predicted molar refractivity (Wildman–Crippen MR) is 74.6 cm³/mol. The van der Waals surface area contributed by atoms with Crippen molar-refractivity contribution in [3.8, 4) is 0 Å². The summed E-state index contributed by atoms with van der Waals surface area (Å²) in [5.41, 5.74) is 7.56. The third kappa shape index (κ3) is 2.56. The number of aryl methyl sites for hydroxylation is 1. The first-order valence-electron chi connectivity index (χ1n) is 5.54. The summed E-state index contributed by atoms with van der Waals surface area (Å²) in [5, 5.41) is 2.80. The number of anilines is 2. The predicted octanol–water partition coefficient (Wildman–Crippen LogP) is 3.44. The van der Waals surface area contributed by atoms with Gasteiger partial charge in [0.1, 0.15) is 5.76 Å². The van der Waals surface area contributed by atoms with Gasteiger partial charge in [-0.2, -0.15) is 0 Å². The standard InChI is InChI=1S/C13H13BrN2O2/c1-2-12-9(5-6-18-12)13(17)16-8-3-4-11(15)10(14)7-8/h3-7H,2,15H2,1H3,(H,16,17). The molecule has 1 aromatic carbocycles. The second kappa shape index (κ2) is 5.27. The number of halogens is 1. The number of nitrogen functional groups attached to an aromatic ring is 1. The van der Waals surface area contributed by atoms with Crippen molar-refractivity contribution in [3.63, 3.8) is 0 Å². The minimum atomic E-state index is -0.183. The fourth-order valence-corrected chi connectivity index (χ4v) is 2.00. The van der Waals surface area contributed by atoms with Crippen LogP contribution in [0.2, 0.25) is 0 Å². The van der Waals surface area contributed by atoms with Crippen LogP contribution in [-0.4, -0.2) is 5.91 Å². The average molecular weight is 309 g/mol. The molecular weight excluding hydrogens is 296 g/mol. The van der Waals surface area contributed by atoms with Crippen LogP contribution in [0.25, 0.3) is 0 Å². The quantitative estimate of drug-likeness (QED) is 0.853. The fourth-order valence-electron chi connectivity index (χ4n) is 1.62. The number of hydrogen-bond donors (Lipinski definition) is 2. The molecule has 94 valence electrons. The molecule has 0 saturated carbocycles. The highest BCUT2D eigenvalue weighted by molar-refractivity contribution is 9.10. The summed E-state index contributed by atoms with van der Waals surface area (Å²) in [6.45, 7) is 1.94. The smallest absolute Gasteiger partial charge is 0.259 e.